The Bertz CT molecular complexity index is 3020. The number of pyridine rings is 1. The number of hydrogen-bond donors (Lipinski definition) is 0. The monoisotopic (exact) mass is 769 g/mol. The van der Waals surface area contributed by atoms with E-state index in [1.54, 1.807) is 0 Å². The van der Waals surface area contributed by atoms with Crippen LogP contribution in [0.25, 0.3) is 22.0 Å². The number of ether oxygens (including phenoxy) is 1. The highest BCUT2D eigenvalue weighted by Crippen LogP contribution is 2.32. The van der Waals surface area contributed by atoms with E-state index in [0.717, 1.165) is 61.5 Å². The molecule has 5 aromatic rings. The van der Waals surface area contributed by atoms with E-state index in [4.69, 9.17) is 15.1 Å². The van der Waals surface area contributed by atoms with Gasteiger partial charge in [-0.05, 0) is 66.6 Å². The number of hydrogen-bond acceptors (Lipinski definition) is 5. The second kappa shape index (κ2) is 16.7. The molecular weight excluding hydrogens is 710 g/mol. The van der Waals surface area contributed by atoms with Gasteiger partial charge in [-0.2, -0.15) is 13.2 Å². The van der Waals surface area contributed by atoms with Gasteiger partial charge >= 0.3 is 6.18 Å². The molecule has 6 nitrogen and oxygen atoms in total. The summed E-state index contributed by atoms with van der Waals surface area (Å²) in [5.41, 5.74) is -5.36. The van der Waals surface area contributed by atoms with E-state index in [1.165, 1.54) is 0 Å². The van der Waals surface area contributed by atoms with Crippen LogP contribution in [-0.4, -0.2) is 59.5 Å². The van der Waals surface area contributed by atoms with Crippen LogP contribution < -0.4 is 5.43 Å². The molecule has 1 aliphatic rings. The zero-order valence-corrected chi connectivity index (χ0v) is 28.2. The Balaban J connectivity index is 1.69. The molecule has 1 aromatic heterocycles. The highest BCUT2D eigenvalue weighted by molar-refractivity contribution is 7.98. The van der Waals surface area contributed by atoms with Crippen molar-refractivity contribution in [3.05, 3.63) is 135 Å². The SMILES string of the molecule is [2H]c1c(C)c([2H])c2c(=O)c([2H])c(SCc3cccc(F)c3F)n(C([2H])([2H])C(=O)N(C([2H])([2H])c3ccc(-c4ccc(C(F)(F)F)cc4)cc3)C3([2H])C([2H])([2H])C([2H])([2H])N(CCOC([2H])([2H])[2H])C([2H])([2H])C3([2H])[2H])c2c1[2H]. The molecule has 6 rings (SSSR count). The highest BCUT2D eigenvalue weighted by Gasteiger charge is 2.31. The minimum atomic E-state index is -4.74. The second-order valence-corrected chi connectivity index (χ2v) is 12.1. The normalized spacial score (nSPS) is 24.9. The lowest BCUT2D eigenvalue weighted by molar-refractivity contribution is -0.137. The third-order valence-electron chi connectivity index (χ3n) is 7.53. The topological polar surface area (TPSA) is 54.8 Å². The van der Waals surface area contributed by atoms with Crippen molar-refractivity contribution in [2.24, 2.45) is 0 Å². The zero-order chi connectivity index (χ0) is 55.4. The van der Waals surface area contributed by atoms with Crippen molar-refractivity contribution in [1.82, 2.24) is 14.4 Å². The predicted molar refractivity (Wildman–Crippen MR) is 198 cm³/mol. The summed E-state index contributed by atoms with van der Waals surface area (Å²) in [6.07, 6.45) is -13.8. The molecule has 0 spiro atoms. The molecule has 0 radical (unpaired) electrons. The number of benzene rings is 4. The third-order valence-corrected chi connectivity index (χ3v) is 8.54. The van der Waals surface area contributed by atoms with Crippen molar-refractivity contribution >= 4 is 28.6 Å². The summed E-state index contributed by atoms with van der Waals surface area (Å²) in [7, 11) is -3.22. The van der Waals surface area contributed by atoms with E-state index >= 15 is 9.18 Å². The fourth-order valence-electron chi connectivity index (χ4n) is 4.89. The maximum atomic E-state index is 15.8. The van der Waals surface area contributed by atoms with Gasteiger partial charge in [0.2, 0.25) is 5.91 Å². The van der Waals surface area contributed by atoms with Crippen LogP contribution in [0.2, 0.25) is 0 Å². The molecule has 2 heterocycles. The quantitative estimate of drug-likeness (QED) is 0.0940. The summed E-state index contributed by atoms with van der Waals surface area (Å²) in [6.45, 7) is -18.1. The lowest BCUT2D eigenvalue weighted by Crippen LogP contribution is -2.48. The number of nitrogens with zero attached hydrogens (tertiary/aromatic N) is 3. The van der Waals surface area contributed by atoms with Gasteiger partial charge in [0.25, 0.3) is 0 Å². The van der Waals surface area contributed by atoms with Crippen LogP contribution in [0.4, 0.5) is 22.0 Å². The summed E-state index contributed by atoms with van der Waals surface area (Å²) < 4.78 is 252. The smallest absolute Gasteiger partial charge is 0.383 e. The molecule has 1 amide bonds. The van der Waals surface area contributed by atoms with E-state index < -0.39 is 162 Å². The van der Waals surface area contributed by atoms with Gasteiger partial charge in [-0.1, -0.05) is 60.1 Å². The number of likely N-dealkylation sites (tertiary alicyclic amines) is 1. The van der Waals surface area contributed by atoms with Crippen LogP contribution in [0.15, 0.2) is 101 Å². The Morgan fingerprint density at radius 1 is 1.06 bits per heavy atom. The molecule has 0 atom stereocenters. The molecule has 53 heavy (non-hydrogen) atoms. The van der Waals surface area contributed by atoms with Crippen LogP contribution in [0.3, 0.4) is 0 Å². The van der Waals surface area contributed by atoms with Crippen molar-refractivity contribution in [2.45, 2.75) is 55.6 Å². The number of fused-ring (bicyclic) bond motifs is 1. The first-order chi connectivity index (χ1) is 33.2. The molecule has 4 aromatic carbocycles. The molecule has 0 bridgehead atoms. The first kappa shape index (κ1) is 20.2. The maximum absolute atomic E-state index is 15.8. The summed E-state index contributed by atoms with van der Waals surface area (Å²) in [5.74, 6) is -6.33. The van der Waals surface area contributed by atoms with Gasteiger partial charge in [-0.3, -0.25) is 9.59 Å². The van der Waals surface area contributed by atoms with Gasteiger partial charge in [0, 0.05) is 72.8 Å². The van der Waals surface area contributed by atoms with Crippen molar-refractivity contribution in [3.8, 4) is 11.1 Å². The lowest BCUT2D eigenvalue weighted by Gasteiger charge is -2.39. The Kier molecular flexibility index (Phi) is 6.36. The third kappa shape index (κ3) is 9.17. The summed E-state index contributed by atoms with van der Waals surface area (Å²) >= 11 is 0.131. The van der Waals surface area contributed by atoms with Crippen LogP contribution in [0.5, 0.6) is 0 Å². The predicted octanol–water partition coefficient (Wildman–Crippen LogP) is 8.71. The van der Waals surface area contributed by atoms with E-state index in [2.05, 4.69) is 4.74 Å². The van der Waals surface area contributed by atoms with Crippen molar-refractivity contribution in [2.75, 3.05) is 33.2 Å². The number of rotatable bonds is 12. The largest absolute Gasteiger partial charge is 0.416 e. The lowest BCUT2D eigenvalue weighted by atomic mass is 10.00. The molecule has 1 saturated heterocycles. The Labute approximate surface area is 337 Å². The number of alkyl halides is 3. The molecule has 12 heteroatoms. The van der Waals surface area contributed by atoms with Crippen LogP contribution in [0, 0.1) is 18.6 Å². The highest BCUT2D eigenvalue weighted by atomic mass is 32.2. The van der Waals surface area contributed by atoms with Crippen molar-refractivity contribution in [3.63, 3.8) is 0 Å². The number of thioether (sulfide) groups is 1. The number of carbonyl (C=O) groups excluding carboxylic acids is 1. The van der Waals surface area contributed by atoms with Crippen molar-refractivity contribution in [1.29, 1.82) is 0 Å². The maximum Gasteiger partial charge on any atom is 0.416 e. The molecule has 0 N–H and O–H groups in total. The fraction of sp³-hybridized carbons (Fsp3) is 0.317. The van der Waals surface area contributed by atoms with E-state index in [9.17, 15) is 34.7 Å². The number of carbonyl (C=O) groups is 1. The summed E-state index contributed by atoms with van der Waals surface area (Å²) in [5, 5.41) is -2.10. The Hall–Kier alpha value is -4.52. The van der Waals surface area contributed by atoms with E-state index in [1.807, 2.05) is 0 Å². The summed E-state index contributed by atoms with van der Waals surface area (Å²) in [4.78, 5) is 28.8. The molecule has 1 aliphatic heterocycles. The minimum absolute atomic E-state index is 0.00994. The van der Waals surface area contributed by atoms with E-state index in [0.29, 0.717) is 12.1 Å². The van der Waals surface area contributed by atoms with Gasteiger partial charge in [0.15, 0.2) is 17.1 Å². The Morgan fingerprint density at radius 2 is 1.75 bits per heavy atom. The van der Waals surface area contributed by atoms with Crippen LogP contribution >= 0.6 is 11.8 Å². The van der Waals surface area contributed by atoms with Gasteiger partial charge in [-0.25, -0.2) is 8.78 Å². The minimum Gasteiger partial charge on any atom is -0.383 e. The molecule has 278 valence electrons. The standard InChI is InChI=1S/C41H40F5N3O3S/c1-27-6-15-36-34(22-27)37(50)23-39(53-26-31-4-3-5-35(42)40(31)43)49(36)25-38(51)48(33-16-18-47(19-17-33)20-21-52-2)24-28-7-9-29(10-8-28)30-11-13-32(14-12-30)41(44,45)46/h3-15,22-23,33H,16-21,24-26H2,1-2H3/i2D3,6D,15D,16D2,17D2,18D2,19D2,22D,23D,24D2,25D2,33D. The molecule has 0 aliphatic carbocycles. The van der Waals surface area contributed by atoms with Crippen LogP contribution in [-0.2, 0) is 34.5 Å². The number of amides is 1. The average Bonchev–Trinajstić information content (AvgIpc) is 3.29. The fourth-order valence-corrected chi connectivity index (χ4v) is 5.83. The second-order valence-electron chi connectivity index (χ2n) is 11.2. The van der Waals surface area contributed by atoms with Crippen LogP contribution in [0.1, 0.15) is 62.4 Å². The Morgan fingerprint density at radius 3 is 2.43 bits per heavy atom. The van der Waals surface area contributed by atoms with Gasteiger partial charge < -0.3 is 19.1 Å². The van der Waals surface area contributed by atoms with Gasteiger partial charge in [0.1, 0.15) is 6.50 Å². The number of aromatic nitrogens is 1. The molecule has 0 unspecified atom stereocenters. The number of methoxy groups -OCH3 is 1. The molecule has 1 fully saturated rings. The first-order valence-electron chi connectivity index (χ1n) is 25.4. The van der Waals surface area contributed by atoms with E-state index in [-0.39, 0.29) is 37.9 Å². The number of halogens is 5. The van der Waals surface area contributed by atoms with Gasteiger partial charge in [0.05, 0.1) is 39.2 Å². The molecular formula is C41H40F5N3O3S. The zero-order valence-electron chi connectivity index (χ0n) is 47.3. The summed E-state index contributed by atoms with van der Waals surface area (Å²) in [6, 6.07) is 0.924. The van der Waals surface area contributed by atoms with Crippen molar-refractivity contribution < 1.29 is 58.9 Å². The van der Waals surface area contributed by atoms with Gasteiger partial charge in [-0.15, -0.1) is 11.8 Å². The average molecular weight is 770 g/mol. The number of piperidine rings is 1. The molecule has 0 saturated carbocycles. The first-order valence-corrected chi connectivity index (χ1v) is 16.4.